The van der Waals surface area contributed by atoms with Gasteiger partial charge in [0.25, 0.3) is 0 Å². The smallest absolute Gasteiger partial charge is 0.411 e. The summed E-state index contributed by atoms with van der Waals surface area (Å²) in [7, 11) is 1.40. The molecule has 2 atom stereocenters. The number of likely N-dealkylation sites (N-methyl/N-ethyl adjacent to an activating group) is 1. The minimum absolute atomic E-state index is 0.0161. The second-order valence-corrected chi connectivity index (χ2v) is 4.47. The fraction of sp³-hybridized carbons (Fsp3) is 0.818. The van der Waals surface area contributed by atoms with Crippen molar-refractivity contribution in [3.05, 3.63) is 0 Å². The number of alkyl halides is 3. The second-order valence-electron chi connectivity index (χ2n) is 4.47. The lowest BCUT2D eigenvalue weighted by Crippen LogP contribution is -2.44. The van der Waals surface area contributed by atoms with E-state index in [1.54, 1.807) is 0 Å². The van der Waals surface area contributed by atoms with Gasteiger partial charge in [-0.05, 0) is 0 Å². The van der Waals surface area contributed by atoms with Crippen LogP contribution in [0.25, 0.3) is 0 Å². The van der Waals surface area contributed by atoms with Crippen LogP contribution in [0.3, 0.4) is 0 Å². The predicted octanol–water partition coefficient (Wildman–Crippen LogP) is 0.513. The van der Waals surface area contributed by atoms with E-state index in [-0.39, 0.29) is 26.2 Å². The fourth-order valence-electron chi connectivity index (χ4n) is 1.87. The Kier molecular flexibility index (Phi) is 5.75. The van der Waals surface area contributed by atoms with Crippen LogP contribution in [0, 0.1) is 5.92 Å². The summed E-state index contributed by atoms with van der Waals surface area (Å²) in [4.78, 5) is 23.9. The summed E-state index contributed by atoms with van der Waals surface area (Å²) < 4.78 is 44.8. The van der Waals surface area contributed by atoms with Crippen molar-refractivity contribution in [2.45, 2.75) is 18.6 Å². The molecule has 0 radical (unpaired) electrons. The number of ether oxygens (including phenoxy) is 2. The van der Waals surface area contributed by atoms with Crippen LogP contribution in [-0.2, 0) is 19.1 Å². The zero-order valence-electron chi connectivity index (χ0n) is 10.9. The number of carboxylic acids is 1. The van der Waals surface area contributed by atoms with Gasteiger partial charge in [-0.2, -0.15) is 13.2 Å². The van der Waals surface area contributed by atoms with Crippen LogP contribution < -0.4 is 0 Å². The van der Waals surface area contributed by atoms with Crippen molar-refractivity contribution in [2.24, 2.45) is 5.92 Å². The van der Waals surface area contributed by atoms with Gasteiger partial charge in [-0.15, -0.1) is 0 Å². The van der Waals surface area contributed by atoms with Crippen molar-refractivity contribution in [3.63, 3.8) is 0 Å². The third-order valence-electron chi connectivity index (χ3n) is 2.98. The van der Waals surface area contributed by atoms with Crippen molar-refractivity contribution < 1.29 is 37.3 Å². The van der Waals surface area contributed by atoms with Crippen LogP contribution in [0.1, 0.15) is 6.42 Å². The number of amides is 1. The molecule has 0 aromatic carbocycles. The summed E-state index contributed by atoms with van der Waals surface area (Å²) in [5.74, 6) is -2.37. The van der Waals surface area contributed by atoms with Crippen molar-refractivity contribution >= 4 is 11.9 Å². The van der Waals surface area contributed by atoms with Gasteiger partial charge in [-0.3, -0.25) is 9.59 Å². The standard InChI is InChI=1S/C11H16F3NO5/c1-15(8-5-20-4-7(8)10(17)18)9(16)2-3-19-6-11(12,13)14/h7-8H,2-6H2,1H3,(H,17,18). The summed E-state index contributed by atoms with van der Waals surface area (Å²) in [5, 5.41) is 8.95. The lowest BCUT2D eigenvalue weighted by Gasteiger charge is -2.26. The van der Waals surface area contributed by atoms with Gasteiger partial charge in [0.05, 0.1) is 32.3 Å². The molecule has 116 valence electrons. The van der Waals surface area contributed by atoms with E-state index in [1.165, 1.54) is 11.9 Å². The molecule has 2 unspecified atom stereocenters. The van der Waals surface area contributed by atoms with E-state index in [0.29, 0.717) is 0 Å². The van der Waals surface area contributed by atoms with Crippen molar-refractivity contribution in [1.29, 1.82) is 0 Å². The topological polar surface area (TPSA) is 76.1 Å². The molecule has 6 nitrogen and oxygen atoms in total. The number of hydrogen-bond donors (Lipinski definition) is 1. The Hall–Kier alpha value is -1.35. The maximum Gasteiger partial charge on any atom is 0.411 e. The molecule has 0 saturated carbocycles. The van der Waals surface area contributed by atoms with Gasteiger partial charge < -0.3 is 19.5 Å². The molecule has 9 heteroatoms. The Morgan fingerprint density at radius 2 is 2.05 bits per heavy atom. The summed E-state index contributed by atoms with van der Waals surface area (Å²) in [6.45, 7) is -1.66. The first-order chi connectivity index (χ1) is 9.22. The Balaban J connectivity index is 2.37. The van der Waals surface area contributed by atoms with Crippen LogP contribution in [0.5, 0.6) is 0 Å². The van der Waals surface area contributed by atoms with Crippen LogP contribution in [0.15, 0.2) is 0 Å². The molecule has 0 aliphatic carbocycles. The molecule has 0 spiro atoms. The SMILES string of the molecule is CN(C(=O)CCOCC(F)(F)F)C1COCC1C(=O)O. The number of carboxylic acid groups (broad SMARTS) is 1. The largest absolute Gasteiger partial charge is 0.481 e. The number of aliphatic carboxylic acids is 1. The van der Waals surface area contributed by atoms with E-state index < -0.39 is 36.6 Å². The minimum Gasteiger partial charge on any atom is -0.481 e. The van der Waals surface area contributed by atoms with E-state index >= 15 is 0 Å². The second kappa shape index (κ2) is 6.89. The van der Waals surface area contributed by atoms with Crippen molar-refractivity contribution in [1.82, 2.24) is 4.90 Å². The summed E-state index contributed by atoms with van der Waals surface area (Å²) in [6.07, 6.45) is -4.67. The molecule has 1 fully saturated rings. The number of halogens is 3. The molecule has 1 aliphatic rings. The third-order valence-corrected chi connectivity index (χ3v) is 2.98. The van der Waals surface area contributed by atoms with Crippen molar-refractivity contribution in [2.75, 3.05) is 33.5 Å². The lowest BCUT2D eigenvalue weighted by molar-refractivity contribution is -0.175. The maximum absolute atomic E-state index is 11.8. The van der Waals surface area contributed by atoms with E-state index in [4.69, 9.17) is 9.84 Å². The zero-order valence-corrected chi connectivity index (χ0v) is 10.9. The highest BCUT2D eigenvalue weighted by atomic mass is 19.4. The van der Waals surface area contributed by atoms with Crippen LogP contribution in [0.4, 0.5) is 13.2 Å². The summed E-state index contributed by atoms with van der Waals surface area (Å²) in [5.41, 5.74) is 0. The van der Waals surface area contributed by atoms with Crippen LogP contribution >= 0.6 is 0 Å². The first-order valence-corrected chi connectivity index (χ1v) is 5.93. The lowest BCUT2D eigenvalue weighted by atomic mass is 10.0. The molecule has 1 rings (SSSR count). The normalized spacial score (nSPS) is 22.8. The molecule has 1 N–H and O–H groups in total. The number of carbonyl (C=O) groups is 2. The van der Waals surface area contributed by atoms with E-state index in [9.17, 15) is 22.8 Å². The molecule has 1 amide bonds. The van der Waals surface area contributed by atoms with Crippen molar-refractivity contribution in [3.8, 4) is 0 Å². The first kappa shape index (κ1) is 16.7. The van der Waals surface area contributed by atoms with Crippen LogP contribution in [-0.4, -0.2) is 67.6 Å². The number of carbonyl (C=O) groups excluding carboxylic acids is 1. The monoisotopic (exact) mass is 299 g/mol. The molecule has 1 saturated heterocycles. The Morgan fingerprint density at radius 3 is 2.60 bits per heavy atom. The third kappa shape index (κ3) is 4.97. The fourth-order valence-corrected chi connectivity index (χ4v) is 1.87. The summed E-state index contributed by atoms with van der Waals surface area (Å²) in [6, 6.07) is -0.609. The van der Waals surface area contributed by atoms with Gasteiger partial charge in [0.1, 0.15) is 12.5 Å². The molecule has 0 aromatic rings. The van der Waals surface area contributed by atoms with Gasteiger partial charge >= 0.3 is 12.1 Å². The average molecular weight is 299 g/mol. The molecular formula is C11H16F3NO5. The Labute approximate surface area is 113 Å². The number of nitrogens with zero attached hydrogens (tertiary/aromatic N) is 1. The van der Waals surface area contributed by atoms with E-state index in [1.807, 2.05) is 0 Å². The molecular weight excluding hydrogens is 283 g/mol. The highest BCUT2D eigenvalue weighted by molar-refractivity contribution is 5.78. The number of rotatable bonds is 6. The Morgan fingerprint density at radius 1 is 1.40 bits per heavy atom. The highest BCUT2D eigenvalue weighted by Gasteiger charge is 2.38. The average Bonchev–Trinajstić information content (AvgIpc) is 2.81. The predicted molar refractivity (Wildman–Crippen MR) is 60.0 cm³/mol. The summed E-state index contributed by atoms with van der Waals surface area (Å²) >= 11 is 0. The zero-order chi connectivity index (χ0) is 15.3. The Bertz CT molecular complexity index is 360. The quantitative estimate of drug-likeness (QED) is 0.723. The maximum atomic E-state index is 11.8. The number of hydrogen-bond acceptors (Lipinski definition) is 4. The molecule has 1 heterocycles. The van der Waals surface area contributed by atoms with E-state index in [0.717, 1.165) is 0 Å². The first-order valence-electron chi connectivity index (χ1n) is 5.93. The molecule has 1 aliphatic heterocycles. The van der Waals surface area contributed by atoms with Gasteiger partial charge in [-0.25, -0.2) is 0 Å². The molecule has 0 aromatic heterocycles. The molecule has 0 bridgehead atoms. The minimum atomic E-state index is -4.43. The van der Waals surface area contributed by atoms with E-state index in [2.05, 4.69) is 4.74 Å². The van der Waals surface area contributed by atoms with Gasteiger partial charge in [0.15, 0.2) is 0 Å². The highest BCUT2D eigenvalue weighted by Crippen LogP contribution is 2.20. The van der Waals surface area contributed by atoms with Gasteiger partial charge in [0, 0.05) is 7.05 Å². The van der Waals surface area contributed by atoms with Gasteiger partial charge in [-0.1, -0.05) is 0 Å². The van der Waals surface area contributed by atoms with Crippen LogP contribution in [0.2, 0.25) is 0 Å². The van der Waals surface area contributed by atoms with Gasteiger partial charge in [0.2, 0.25) is 5.91 Å². The molecule has 20 heavy (non-hydrogen) atoms.